The zero-order chi connectivity index (χ0) is 45.6. The molecule has 1 N–H and O–H groups in total. The van der Waals surface area contributed by atoms with Crippen molar-refractivity contribution in [1.82, 2.24) is 0 Å². The summed E-state index contributed by atoms with van der Waals surface area (Å²) in [6.07, 6.45) is 75.1. The number of hydrogen-bond acceptors (Lipinski definition) is 5. The third kappa shape index (κ3) is 51.3. The van der Waals surface area contributed by atoms with Gasteiger partial charge in [-0.15, -0.1) is 0 Å². The largest absolute Gasteiger partial charge is 0.462 e. The summed E-state index contributed by atoms with van der Waals surface area (Å²) in [5.41, 5.74) is 0. The second kappa shape index (κ2) is 53.2. The van der Waals surface area contributed by atoms with E-state index in [2.05, 4.69) is 111 Å². The number of carbonyl (C=O) groups excluding carboxylic acids is 2. The lowest BCUT2D eigenvalue weighted by molar-refractivity contribution is -0.161. The van der Waals surface area contributed by atoms with Crippen molar-refractivity contribution in [2.75, 3.05) is 13.2 Å². The molecule has 63 heavy (non-hydrogen) atoms. The van der Waals surface area contributed by atoms with Crippen LogP contribution in [0.1, 0.15) is 239 Å². The van der Waals surface area contributed by atoms with Crippen LogP contribution in [0.2, 0.25) is 0 Å². The lowest BCUT2D eigenvalue weighted by atomic mass is 10.0. The van der Waals surface area contributed by atoms with Crippen LogP contribution < -0.4 is 0 Å². The lowest BCUT2D eigenvalue weighted by Gasteiger charge is -2.15. The molecule has 1 unspecified atom stereocenters. The number of unbranched alkanes of at least 4 members (excludes halogenated alkanes) is 23. The number of ether oxygens (including phenoxy) is 2. The molecule has 0 aromatic carbocycles. The standard InChI is InChI=1S/C58H98O5/c1-3-5-7-9-11-13-15-17-18-19-20-21-22-23-24-25-26-27-28-29-30-31-32-33-34-35-36-37-38-39-40-41-43-45-47-49-51-53-58(61)63-56(54-59)55-62-57(60)52-50-48-46-44-42-16-14-12-10-8-6-4-2/h5,7,11,13,17-18,20-21,23-24,26-27,29-30,32-33,56,59H,3-4,6,8-10,12,14-16,19,22,25,28,31,34-55H2,1-2H3/b7-5-,13-11-,18-17-,21-20-,24-23-,27-26-,30-29-,33-32-. The zero-order valence-electron chi connectivity index (χ0n) is 41.1. The second-order valence-electron chi connectivity index (χ2n) is 17.2. The van der Waals surface area contributed by atoms with E-state index in [0.717, 1.165) is 89.9 Å². The first-order chi connectivity index (χ1) is 31.1. The minimum absolute atomic E-state index is 0.0670. The summed E-state index contributed by atoms with van der Waals surface area (Å²) in [6.45, 7) is 4.02. The highest BCUT2D eigenvalue weighted by molar-refractivity contribution is 5.70. The molecule has 5 nitrogen and oxygen atoms in total. The Balaban J connectivity index is 3.53. The van der Waals surface area contributed by atoms with E-state index >= 15 is 0 Å². The maximum atomic E-state index is 12.3. The minimum Gasteiger partial charge on any atom is -0.462 e. The molecule has 0 aliphatic heterocycles. The smallest absolute Gasteiger partial charge is 0.306 e. The highest BCUT2D eigenvalue weighted by Crippen LogP contribution is 2.15. The van der Waals surface area contributed by atoms with E-state index in [1.165, 1.54) is 122 Å². The van der Waals surface area contributed by atoms with Gasteiger partial charge in [-0.1, -0.05) is 246 Å². The van der Waals surface area contributed by atoms with Gasteiger partial charge in [-0.25, -0.2) is 0 Å². The number of aliphatic hydroxyl groups is 1. The first kappa shape index (κ1) is 59.8. The SMILES string of the molecule is CC/C=C\C/C=C\C/C=C\C/C=C\C/C=C\C/C=C\C/C=C\C/C=C\CCCCCCCCCCCCCCC(=O)OC(CO)COC(=O)CCCCCCCCCCCCCC. The summed E-state index contributed by atoms with van der Waals surface area (Å²) in [4.78, 5) is 24.4. The van der Waals surface area contributed by atoms with Crippen LogP contribution in [-0.2, 0) is 19.1 Å². The molecule has 0 fully saturated rings. The maximum absolute atomic E-state index is 12.3. The van der Waals surface area contributed by atoms with Crippen molar-refractivity contribution in [3.8, 4) is 0 Å². The maximum Gasteiger partial charge on any atom is 0.306 e. The minimum atomic E-state index is -0.774. The predicted molar refractivity (Wildman–Crippen MR) is 274 cm³/mol. The van der Waals surface area contributed by atoms with Crippen LogP contribution in [0.3, 0.4) is 0 Å². The van der Waals surface area contributed by atoms with Gasteiger partial charge in [-0.2, -0.15) is 0 Å². The molecule has 0 radical (unpaired) electrons. The summed E-state index contributed by atoms with van der Waals surface area (Å²) < 4.78 is 10.6. The number of rotatable bonds is 47. The van der Waals surface area contributed by atoms with Crippen LogP contribution in [0, 0.1) is 0 Å². The molecule has 0 aliphatic carbocycles. The number of hydrogen-bond donors (Lipinski definition) is 1. The zero-order valence-corrected chi connectivity index (χ0v) is 41.1. The van der Waals surface area contributed by atoms with Gasteiger partial charge in [0.15, 0.2) is 6.10 Å². The molecular weight excluding hydrogens is 777 g/mol. The topological polar surface area (TPSA) is 72.8 Å². The van der Waals surface area contributed by atoms with E-state index in [-0.39, 0.29) is 25.2 Å². The molecule has 0 aromatic heterocycles. The van der Waals surface area contributed by atoms with Crippen LogP contribution in [0.4, 0.5) is 0 Å². The summed E-state index contributed by atoms with van der Waals surface area (Å²) in [5, 5.41) is 9.60. The molecule has 0 bridgehead atoms. The van der Waals surface area contributed by atoms with Gasteiger partial charge in [0.05, 0.1) is 6.61 Å². The van der Waals surface area contributed by atoms with Crippen molar-refractivity contribution in [1.29, 1.82) is 0 Å². The average molecular weight is 875 g/mol. The molecular formula is C58H98O5. The normalized spacial score (nSPS) is 13.0. The van der Waals surface area contributed by atoms with Gasteiger partial charge in [0.25, 0.3) is 0 Å². The fraction of sp³-hybridized carbons (Fsp3) is 0.690. The van der Waals surface area contributed by atoms with Crippen LogP contribution in [0.5, 0.6) is 0 Å². The number of aliphatic hydroxyl groups excluding tert-OH is 1. The van der Waals surface area contributed by atoms with Crippen LogP contribution in [0.25, 0.3) is 0 Å². The number of esters is 2. The summed E-state index contributed by atoms with van der Waals surface area (Å²) in [6, 6.07) is 0. The highest BCUT2D eigenvalue weighted by atomic mass is 16.6. The Kier molecular flexibility index (Phi) is 50.5. The first-order valence-electron chi connectivity index (χ1n) is 26.3. The van der Waals surface area contributed by atoms with E-state index in [1.54, 1.807) is 0 Å². The molecule has 0 rings (SSSR count). The Morgan fingerprint density at radius 1 is 0.381 bits per heavy atom. The van der Waals surface area contributed by atoms with E-state index in [4.69, 9.17) is 9.47 Å². The van der Waals surface area contributed by atoms with Crippen molar-refractivity contribution in [2.45, 2.75) is 245 Å². The fourth-order valence-electron chi connectivity index (χ4n) is 7.22. The van der Waals surface area contributed by atoms with E-state index in [1.807, 2.05) is 0 Å². The highest BCUT2D eigenvalue weighted by Gasteiger charge is 2.16. The predicted octanol–water partition coefficient (Wildman–Crippen LogP) is 17.6. The third-order valence-electron chi connectivity index (χ3n) is 11.1. The first-order valence-corrected chi connectivity index (χ1v) is 26.3. The lowest BCUT2D eigenvalue weighted by Crippen LogP contribution is -2.28. The summed E-state index contributed by atoms with van der Waals surface area (Å²) in [5.74, 6) is -0.591. The van der Waals surface area contributed by atoms with Crippen LogP contribution in [0.15, 0.2) is 97.2 Å². The van der Waals surface area contributed by atoms with Gasteiger partial charge in [0.1, 0.15) is 6.61 Å². The Morgan fingerprint density at radius 2 is 0.683 bits per heavy atom. The average Bonchev–Trinajstić information content (AvgIpc) is 3.29. The van der Waals surface area contributed by atoms with Gasteiger partial charge in [0, 0.05) is 12.8 Å². The quantitative estimate of drug-likeness (QED) is 0.0375. The molecule has 1 atom stereocenters. The molecule has 0 aromatic rings. The van der Waals surface area contributed by atoms with Crippen molar-refractivity contribution in [3.63, 3.8) is 0 Å². The van der Waals surface area contributed by atoms with Crippen LogP contribution >= 0.6 is 0 Å². The Labute approximate surface area is 389 Å². The summed E-state index contributed by atoms with van der Waals surface area (Å²) in [7, 11) is 0. The summed E-state index contributed by atoms with van der Waals surface area (Å²) >= 11 is 0. The number of carbonyl (C=O) groups is 2. The Bertz CT molecular complexity index is 1220. The fourth-order valence-corrected chi connectivity index (χ4v) is 7.22. The third-order valence-corrected chi connectivity index (χ3v) is 11.1. The molecule has 0 spiro atoms. The molecule has 0 amide bonds. The van der Waals surface area contributed by atoms with Gasteiger partial charge in [-0.3, -0.25) is 9.59 Å². The Hall–Kier alpha value is -3.18. The number of allylic oxidation sites excluding steroid dienone is 16. The second-order valence-corrected chi connectivity index (χ2v) is 17.2. The monoisotopic (exact) mass is 875 g/mol. The van der Waals surface area contributed by atoms with Crippen molar-refractivity contribution in [3.05, 3.63) is 97.2 Å². The van der Waals surface area contributed by atoms with E-state index in [0.29, 0.717) is 12.8 Å². The van der Waals surface area contributed by atoms with Crippen LogP contribution in [-0.4, -0.2) is 36.4 Å². The van der Waals surface area contributed by atoms with Crippen molar-refractivity contribution in [2.24, 2.45) is 0 Å². The van der Waals surface area contributed by atoms with Gasteiger partial charge < -0.3 is 14.6 Å². The van der Waals surface area contributed by atoms with E-state index in [9.17, 15) is 14.7 Å². The van der Waals surface area contributed by atoms with E-state index < -0.39 is 6.10 Å². The van der Waals surface area contributed by atoms with Crippen molar-refractivity contribution < 1.29 is 24.2 Å². The molecule has 5 heteroatoms. The Morgan fingerprint density at radius 3 is 1.03 bits per heavy atom. The van der Waals surface area contributed by atoms with Gasteiger partial charge in [0.2, 0.25) is 0 Å². The molecule has 0 saturated carbocycles. The van der Waals surface area contributed by atoms with Gasteiger partial charge in [-0.05, 0) is 77.0 Å². The molecule has 0 saturated heterocycles. The van der Waals surface area contributed by atoms with Crippen molar-refractivity contribution >= 4 is 11.9 Å². The van der Waals surface area contributed by atoms with Gasteiger partial charge >= 0.3 is 11.9 Å². The molecule has 0 heterocycles. The molecule has 360 valence electrons. The molecule has 0 aliphatic rings.